The van der Waals surface area contributed by atoms with Crippen molar-refractivity contribution >= 4 is 6.39 Å². The molecule has 1 amide bonds. The second kappa shape index (κ2) is 3.44. The minimum atomic E-state index is -0.594. The van der Waals surface area contributed by atoms with E-state index in [0.717, 1.165) is 19.3 Å². The molecule has 0 saturated carbocycles. The smallest absolute Gasteiger partial charge is 0.210 e. The van der Waals surface area contributed by atoms with E-state index in [0.29, 0.717) is 6.54 Å². The highest BCUT2D eigenvalue weighted by Gasteiger charge is 2.31. The summed E-state index contributed by atoms with van der Waals surface area (Å²) in [4.78, 5) is 12.6. The van der Waals surface area contributed by atoms with E-state index in [1.54, 1.807) is 4.90 Å². The molecule has 1 rings (SSSR count). The third-order valence-corrected chi connectivity index (χ3v) is 2.48. The molecule has 1 heterocycles. The lowest BCUT2D eigenvalue weighted by molar-refractivity contribution is -0.122. The Labute approximate surface area is 75.3 Å². The van der Waals surface area contributed by atoms with Gasteiger partial charge in [0, 0.05) is 18.1 Å². The number of carbonyl (C=O) groups excluding carboxylic acids is 1. The zero-order chi connectivity index (χ0) is 10.1. The molecule has 0 spiro atoms. The average Bonchev–Trinajstić information content (AvgIpc) is 2.03. The van der Waals surface area contributed by atoms with Crippen molar-refractivity contribution in [2.24, 2.45) is 5.73 Å². The van der Waals surface area contributed by atoms with Crippen LogP contribution >= 0.6 is 0 Å². The first-order valence-electron chi connectivity index (χ1n) is 4.99. The normalized spacial score (nSPS) is 26.8. The van der Waals surface area contributed by atoms with Crippen molar-refractivity contribution in [1.29, 1.82) is 0 Å². The van der Waals surface area contributed by atoms with Crippen molar-refractivity contribution in [3.05, 3.63) is 0 Å². The van der Waals surface area contributed by atoms with Gasteiger partial charge in [0.05, 0.1) is 0 Å². The minimum Gasteiger partial charge on any atom is -0.340 e. The summed E-state index contributed by atoms with van der Waals surface area (Å²) in [6.07, 6.45) is 2.43. The third-order valence-electron chi connectivity index (χ3n) is 2.48. The largest absolute Gasteiger partial charge is 0.340 e. The summed E-state index contributed by atoms with van der Waals surface area (Å²) in [5.74, 6) is 0. The van der Waals surface area contributed by atoms with Crippen LogP contribution in [0.3, 0.4) is 0 Å². The topological polar surface area (TPSA) is 46.3 Å². The van der Waals surface area contributed by atoms with Gasteiger partial charge in [0.25, 0.3) is 0 Å². The molecule has 1 atom stereocenters. The predicted octanol–water partition coefficient (Wildman–Crippen LogP) is 0.735. The Morgan fingerprint density at radius 3 is 2.75 bits per heavy atom. The second-order valence-electron chi connectivity index (χ2n) is 4.12. The molecule has 3 heteroatoms. The molecule has 70 valence electrons. The molecule has 1 saturated heterocycles. The lowest BCUT2D eigenvalue weighted by Gasteiger charge is -2.41. The molecule has 0 aliphatic carbocycles. The minimum absolute atomic E-state index is 0.0336. The van der Waals surface area contributed by atoms with Gasteiger partial charge in [0.1, 0.15) is 1.37 Å². The molecule has 0 aromatic carbocycles. The zero-order valence-corrected chi connectivity index (χ0v) is 7.84. The van der Waals surface area contributed by atoms with Crippen molar-refractivity contribution < 1.29 is 6.17 Å². The van der Waals surface area contributed by atoms with Crippen molar-refractivity contribution in [2.45, 2.75) is 44.7 Å². The molecule has 0 radical (unpaired) electrons. The fraction of sp³-hybridized carbons (Fsp3) is 0.889. The lowest BCUT2D eigenvalue weighted by atomic mass is 9.87. The molecule has 1 unspecified atom stereocenters. The number of hydrogen-bond donors (Lipinski definition) is 1. The number of nitrogens with zero attached hydrogens (tertiary/aromatic N) is 1. The van der Waals surface area contributed by atoms with Gasteiger partial charge in [-0.15, -0.1) is 0 Å². The monoisotopic (exact) mass is 171 g/mol. The van der Waals surface area contributed by atoms with E-state index in [1.165, 1.54) is 0 Å². The predicted molar refractivity (Wildman–Crippen MR) is 48.7 cm³/mol. The van der Waals surface area contributed by atoms with Gasteiger partial charge >= 0.3 is 0 Å². The number of piperidine rings is 1. The average molecular weight is 171 g/mol. The van der Waals surface area contributed by atoms with Crippen LogP contribution in [-0.2, 0) is 4.79 Å². The maximum absolute atomic E-state index is 11.0. The van der Waals surface area contributed by atoms with Gasteiger partial charge in [0.15, 0.2) is 0 Å². The highest BCUT2D eigenvalue weighted by Crippen LogP contribution is 2.22. The van der Waals surface area contributed by atoms with Crippen molar-refractivity contribution in [3.63, 3.8) is 0 Å². The van der Waals surface area contributed by atoms with Crippen LogP contribution in [0.1, 0.15) is 34.5 Å². The molecule has 0 bridgehead atoms. The first-order valence-corrected chi connectivity index (χ1v) is 4.49. The molecule has 12 heavy (non-hydrogen) atoms. The molecule has 0 aromatic rings. The fourth-order valence-corrected chi connectivity index (χ4v) is 1.81. The van der Waals surface area contributed by atoms with Gasteiger partial charge in [-0.3, -0.25) is 4.79 Å². The Kier molecular flexibility index (Phi) is 2.30. The summed E-state index contributed by atoms with van der Waals surface area (Å²) in [6, 6.07) is 0.0336. The molecule has 2 N–H and O–H groups in total. The van der Waals surface area contributed by atoms with E-state index < -0.39 is 11.9 Å². The van der Waals surface area contributed by atoms with Crippen LogP contribution in [-0.4, -0.2) is 29.4 Å². The van der Waals surface area contributed by atoms with Crippen LogP contribution < -0.4 is 5.73 Å². The van der Waals surface area contributed by atoms with Crippen LogP contribution in [0.5, 0.6) is 0 Å². The Morgan fingerprint density at radius 2 is 2.33 bits per heavy atom. The van der Waals surface area contributed by atoms with E-state index >= 15 is 0 Å². The van der Waals surface area contributed by atoms with Crippen molar-refractivity contribution in [3.8, 4) is 0 Å². The van der Waals surface area contributed by atoms with E-state index in [2.05, 4.69) is 0 Å². The second-order valence-corrected chi connectivity index (χ2v) is 4.12. The molecule has 0 aromatic heterocycles. The maximum Gasteiger partial charge on any atom is 0.210 e. The third kappa shape index (κ3) is 1.97. The molecular weight excluding hydrogens is 152 g/mol. The van der Waals surface area contributed by atoms with Crippen LogP contribution in [0.25, 0.3) is 0 Å². The Hall–Kier alpha value is -0.570. The standard InChI is InChI=1S/C9H18N2O/c1-9(2,10)8-5-3-4-6-11(8)7-12/h7-8H,3-6,10H2,1-2H3/i7D. The highest BCUT2D eigenvalue weighted by molar-refractivity contribution is 5.48. The summed E-state index contributed by atoms with van der Waals surface area (Å²) in [5.41, 5.74) is 5.57. The molecule has 1 aliphatic heterocycles. The van der Waals surface area contributed by atoms with Crippen LogP contribution in [0.4, 0.5) is 0 Å². The van der Waals surface area contributed by atoms with Gasteiger partial charge in [-0.2, -0.15) is 0 Å². The first-order chi connectivity index (χ1) is 5.93. The van der Waals surface area contributed by atoms with E-state index in [9.17, 15) is 4.79 Å². The van der Waals surface area contributed by atoms with Gasteiger partial charge in [0.2, 0.25) is 6.39 Å². The highest BCUT2D eigenvalue weighted by atomic mass is 16.1. The zero-order valence-electron chi connectivity index (χ0n) is 8.84. The lowest BCUT2D eigenvalue weighted by Crippen LogP contribution is -2.56. The number of rotatable bonds is 1. The summed E-state index contributed by atoms with van der Waals surface area (Å²) in [6.45, 7) is 4.52. The van der Waals surface area contributed by atoms with E-state index in [-0.39, 0.29) is 6.04 Å². The number of hydrogen-bond acceptors (Lipinski definition) is 2. The Morgan fingerprint density at radius 1 is 1.67 bits per heavy atom. The molecule has 1 fully saturated rings. The molecule has 3 nitrogen and oxygen atoms in total. The van der Waals surface area contributed by atoms with Gasteiger partial charge in [-0.1, -0.05) is 0 Å². The van der Waals surface area contributed by atoms with Crippen LogP contribution in [0, 0.1) is 0 Å². The number of amides is 1. The quantitative estimate of drug-likeness (QED) is 0.591. The Balaban J connectivity index is 2.73. The summed E-state index contributed by atoms with van der Waals surface area (Å²) in [7, 11) is 0. The Bertz CT molecular complexity index is 200. The molecular formula is C9H18N2O. The van der Waals surface area contributed by atoms with Crippen molar-refractivity contribution in [2.75, 3.05) is 6.54 Å². The van der Waals surface area contributed by atoms with Gasteiger partial charge < -0.3 is 10.6 Å². The SMILES string of the molecule is [2H]C(=O)N1CCCCC1C(C)(C)N. The van der Waals surface area contributed by atoms with Gasteiger partial charge in [-0.25, -0.2) is 0 Å². The summed E-state index contributed by atoms with van der Waals surface area (Å²) < 4.78 is 7.11. The van der Waals surface area contributed by atoms with E-state index in [4.69, 9.17) is 7.10 Å². The number of likely N-dealkylation sites (tertiary alicyclic amines) is 1. The van der Waals surface area contributed by atoms with Crippen molar-refractivity contribution in [1.82, 2.24) is 4.90 Å². The summed E-state index contributed by atoms with van der Waals surface area (Å²) in [5, 5.41) is 0. The van der Waals surface area contributed by atoms with Crippen LogP contribution in [0.15, 0.2) is 0 Å². The molecule has 1 aliphatic rings. The van der Waals surface area contributed by atoms with E-state index in [1.807, 2.05) is 13.8 Å². The number of carbonyl (C=O) groups is 1. The number of nitrogens with two attached hydrogens (primary N) is 1. The maximum atomic E-state index is 11.0. The van der Waals surface area contributed by atoms with Gasteiger partial charge in [-0.05, 0) is 33.1 Å². The first kappa shape index (κ1) is 8.05. The van der Waals surface area contributed by atoms with Crippen LogP contribution in [0.2, 0.25) is 0 Å². The fourth-order valence-electron chi connectivity index (χ4n) is 1.81. The summed E-state index contributed by atoms with van der Waals surface area (Å²) >= 11 is 0.